The summed E-state index contributed by atoms with van der Waals surface area (Å²) in [5.74, 6) is 0.248. The SMILES string of the molecule is CCC(F)(CC)CN1CCC(COc2cnc(-c3ccc(C(=O)n4cccc4)c(F)c3)nc2)CC1. The van der Waals surface area contributed by atoms with Gasteiger partial charge < -0.3 is 9.64 Å². The molecular weight excluding hydrogens is 450 g/mol. The predicted octanol–water partition coefficient (Wildman–Crippen LogP) is 5.39. The minimum absolute atomic E-state index is 0.0162. The molecule has 0 amide bonds. The van der Waals surface area contributed by atoms with Crippen molar-refractivity contribution in [3.05, 3.63) is 66.5 Å². The molecule has 186 valence electrons. The molecule has 3 aromatic rings. The van der Waals surface area contributed by atoms with E-state index in [1.54, 1.807) is 43.0 Å². The Morgan fingerprint density at radius 1 is 1.11 bits per heavy atom. The summed E-state index contributed by atoms with van der Waals surface area (Å²) < 4.78 is 36.5. The van der Waals surface area contributed by atoms with E-state index >= 15 is 0 Å². The summed E-state index contributed by atoms with van der Waals surface area (Å²) in [6.07, 6.45) is 9.34. The summed E-state index contributed by atoms with van der Waals surface area (Å²) in [7, 11) is 0. The quantitative estimate of drug-likeness (QED) is 0.409. The van der Waals surface area contributed by atoms with Crippen LogP contribution in [-0.2, 0) is 0 Å². The zero-order chi connectivity index (χ0) is 24.8. The Morgan fingerprint density at radius 2 is 1.77 bits per heavy atom. The number of likely N-dealkylation sites (tertiary alicyclic amines) is 1. The van der Waals surface area contributed by atoms with Gasteiger partial charge in [0.25, 0.3) is 5.91 Å². The maximum atomic E-state index is 14.7. The molecule has 1 aromatic carbocycles. The second kappa shape index (κ2) is 11.1. The maximum Gasteiger partial charge on any atom is 0.264 e. The van der Waals surface area contributed by atoms with E-state index in [0.29, 0.717) is 49.0 Å². The average Bonchev–Trinajstić information content (AvgIpc) is 3.43. The Morgan fingerprint density at radius 3 is 2.37 bits per heavy atom. The standard InChI is InChI=1S/C27H32F2N4O2/c1-3-27(29,4-2)19-32-13-9-20(10-14-32)18-35-22-16-30-25(31-17-22)21-7-8-23(24(28)15-21)26(34)33-11-5-6-12-33/h5-8,11-12,15-17,20H,3-4,9-10,13-14,18-19H2,1-2H3. The van der Waals surface area contributed by atoms with E-state index in [0.717, 1.165) is 25.9 Å². The molecule has 8 heteroatoms. The topological polar surface area (TPSA) is 60.2 Å². The van der Waals surface area contributed by atoms with Crippen molar-refractivity contribution < 1.29 is 18.3 Å². The first kappa shape index (κ1) is 25.0. The van der Waals surface area contributed by atoms with Crippen LogP contribution in [0.1, 0.15) is 49.9 Å². The van der Waals surface area contributed by atoms with Crippen molar-refractivity contribution in [1.29, 1.82) is 0 Å². The number of rotatable bonds is 9. The highest BCUT2D eigenvalue weighted by molar-refractivity contribution is 5.96. The zero-order valence-corrected chi connectivity index (χ0v) is 20.3. The molecule has 0 saturated carbocycles. The fraction of sp³-hybridized carbons (Fsp3) is 0.444. The average molecular weight is 483 g/mol. The number of carbonyl (C=O) groups is 1. The van der Waals surface area contributed by atoms with Crippen molar-refractivity contribution >= 4 is 5.91 Å². The summed E-state index contributed by atoms with van der Waals surface area (Å²) >= 11 is 0. The van der Waals surface area contributed by atoms with Gasteiger partial charge in [0.2, 0.25) is 0 Å². The number of piperidine rings is 1. The molecule has 0 bridgehead atoms. The van der Waals surface area contributed by atoms with Gasteiger partial charge in [0.05, 0.1) is 24.6 Å². The van der Waals surface area contributed by atoms with E-state index < -0.39 is 17.4 Å². The predicted molar refractivity (Wildman–Crippen MR) is 131 cm³/mol. The lowest BCUT2D eigenvalue weighted by Crippen LogP contribution is -2.44. The number of benzene rings is 1. The molecule has 35 heavy (non-hydrogen) atoms. The van der Waals surface area contributed by atoms with Crippen molar-refractivity contribution in [1.82, 2.24) is 19.4 Å². The third-order valence-electron chi connectivity index (χ3n) is 6.89. The molecule has 6 nitrogen and oxygen atoms in total. The number of hydrogen-bond acceptors (Lipinski definition) is 5. The van der Waals surface area contributed by atoms with Crippen LogP contribution in [0.2, 0.25) is 0 Å². The molecule has 1 aliphatic heterocycles. The van der Waals surface area contributed by atoms with Crippen molar-refractivity contribution in [3.63, 3.8) is 0 Å². The van der Waals surface area contributed by atoms with Gasteiger partial charge in [0.1, 0.15) is 11.5 Å². The van der Waals surface area contributed by atoms with Crippen molar-refractivity contribution in [2.24, 2.45) is 5.92 Å². The highest BCUT2D eigenvalue weighted by atomic mass is 19.1. The number of carbonyl (C=O) groups excluding carboxylic acids is 1. The summed E-state index contributed by atoms with van der Waals surface area (Å²) in [6, 6.07) is 7.76. The molecule has 4 rings (SSSR count). The molecule has 0 spiro atoms. The molecular formula is C27H32F2N4O2. The van der Waals surface area contributed by atoms with Crippen LogP contribution in [-0.4, -0.2) is 57.3 Å². The van der Waals surface area contributed by atoms with Crippen LogP contribution in [0.15, 0.2) is 55.1 Å². The van der Waals surface area contributed by atoms with E-state index in [-0.39, 0.29) is 5.56 Å². The Hall–Kier alpha value is -3.13. The number of halogens is 2. The van der Waals surface area contributed by atoms with Crippen LogP contribution in [0.3, 0.4) is 0 Å². The monoisotopic (exact) mass is 482 g/mol. The molecule has 0 radical (unpaired) electrons. The molecule has 0 N–H and O–H groups in total. The summed E-state index contributed by atoms with van der Waals surface area (Å²) in [5, 5.41) is 0. The Labute approximate surface area is 205 Å². The highest BCUT2D eigenvalue weighted by Crippen LogP contribution is 2.26. The summed E-state index contributed by atoms with van der Waals surface area (Å²) in [6.45, 7) is 6.64. The molecule has 2 aromatic heterocycles. The molecule has 3 heterocycles. The van der Waals surface area contributed by atoms with Crippen LogP contribution in [0.25, 0.3) is 11.4 Å². The van der Waals surface area contributed by atoms with Gasteiger partial charge >= 0.3 is 0 Å². The first-order chi connectivity index (χ1) is 16.9. The molecule has 1 aliphatic rings. The van der Waals surface area contributed by atoms with Gasteiger partial charge in [-0.25, -0.2) is 18.7 Å². The summed E-state index contributed by atoms with van der Waals surface area (Å²) in [5.41, 5.74) is -0.629. The van der Waals surface area contributed by atoms with Gasteiger partial charge in [-0.1, -0.05) is 19.9 Å². The number of alkyl halides is 1. The van der Waals surface area contributed by atoms with E-state index in [1.807, 2.05) is 13.8 Å². The van der Waals surface area contributed by atoms with E-state index in [9.17, 15) is 13.6 Å². The largest absolute Gasteiger partial charge is 0.490 e. The van der Waals surface area contributed by atoms with Gasteiger partial charge in [-0.3, -0.25) is 9.36 Å². The van der Waals surface area contributed by atoms with Gasteiger partial charge in [-0.15, -0.1) is 0 Å². The van der Waals surface area contributed by atoms with Crippen molar-refractivity contribution in [2.45, 2.75) is 45.2 Å². The molecule has 0 aliphatic carbocycles. The third kappa shape index (κ3) is 6.11. The Balaban J connectivity index is 1.29. The van der Waals surface area contributed by atoms with Gasteiger partial charge in [0, 0.05) is 24.5 Å². The van der Waals surface area contributed by atoms with E-state index in [1.165, 1.54) is 16.7 Å². The first-order valence-corrected chi connectivity index (χ1v) is 12.2. The number of ether oxygens (including phenoxy) is 1. The molecule has 0 unspecified atom stereocenters. The molecule has 1 fully saturated rings. The third-order valence-corrected chi connectivity index (χ3v) is 6.89. The van der Waals surface area contributed by atoms with Crippen LogP contribution in [0, 0.1) is 11.7 Å². The lowest BCUT2D eigenvalue weighted by atomic mass is 9.94. The van der Waals surface area contributed by atoms with Crippen LogP contribution in [0.5, 0.6) is 5.75 Å². The zero-order valence-electron chi connectivity index (χ0n) is 20.3. The second-order valence-electron chi connectivity index (χ2n) is 9.22. The van der Waals surface area contributed by atoms with Gasteiger partial charge in [-0.05, 0) is 69.0 Å². The minimum Gasteiger partial charge on any atom is -0.490 e. The first-order valence-electron chi connectivity index (χ1n) is 12.2. The second-order valence-corrected chi connectivity index (χ2v) is 9.22. The Kier molecular flexibility index (Phi) is 7.90. The normalized spacial score (nSPS) is 15.3. The maximum absolute atomic E-state index is 14.7. The lowest BCUT2D eigenvalue weighted by molar-refractivity contribution is 0.0568. The summed E-state index contributed by atoms with van der Waals surface area (Å²) in [4.78, 5) is 23.2. The number of nitrogens with zero attached hydrogens (tertiary/aromatic N) is 4. The Bertz CT molecular complexity index is 1110. The minimum atomic E-state index is -1.09. The smallest absolute Gasteiger partial charge is 0.264 e. The number of hydrogen-bond donors (Lipinski definition) is 0. The van der Waals surface area contributed by atoms with Crippen molar-refractivity contribution in [3.8, 4) is 17.1 Å². The number of aromatic nitrogens is 3. The molecule has 1 saturated heterocycles. The van der Waals surface area contributed by atoms with Crippen molar-refractivity contribution in [2.75, 3.05) is 26.2 Å². The lowest BCUT2D eigenvalue weighted by Gasteiger charge is -2.36. The van der Waals surface area contributed by atoms with Crippen LogP contribution in [0.4, 0.5) is 8.78 Å². The highest BCUT2D eigenvalue weighted by Gasteiger charge is 2.30. The molecule has 0 atom stereocenters. The van der Waals surface area contributed by atoms with E-state index in [4.69, 9.17) is 4.74 Å². The van der Waals surface area contributed by atoms with Gasteiger partial charge in [0.15, 0.2) is 11.6 Å². The fourth-order valence-corrected chi connectivity index (χ4v) is 4.38. The van der Waals surface area contributed by atoms with Gasteiger partial charge in [-0.2, -0.15) is 0 Å². The van der Waals surface area contributed by atoms with E-state index in [2.05, 4.69) is 14.9 Å². The van der Waals surface area contributed by atoms with Crippen LogP contribution >= 0.6 is 0 Å². The fourth-order valence-electron chi connectivity index (χ4n) is 4.38. The van der Waals surface area contributed by atoms with Crippen LogP contribution < -0.4 is 4.74 Å².